The summed E-state index contributed by atoms with van der Waals surface area (Å²) in [5.41, 5.74) is 7.72. The number of carbonyl (C=O) groups is 1. The smallest absolute Gasteiger partial charge is 0.259 e. The average molecular weight is 316 g/mol. The number of nitrogens with zero attached hydrogens (tertiary/aromatic N) is 3. The zero-order valence-electron chi connectivity index (χ0n) is 13.3. The van der Waals surface area contributed by atoms with Crippen LogP contribution in [0.3, 0.4) is 0 Å². The van der Waals surface area contributed by atoms with Gasteiger partial charge in [-0.05, 0) is 25.5 Å². The van der Waals surface area contributed by atoms with E-state index in [0.717, 1.165) is 5.69 Å². The summed E-state index contributed by atoms with van der Waals surface area (Å²) in [5, 5.41) is 3.96. The Labute approximate surface area is 134 Å². The van der Waals surface area contributed by atoms with Crippen molar-refractivity contribution in [3.05, 3.63) is 40.9 Å². The molecule has 1 saturated heterocycles. The van der Waals surface area contributed by atoms with Crippen LogP contribution in [0.5, 0.6) is 0 Å². The van der Waals surface area contributed by atoms with E-state index in [1.165, 1.54) is 0 Å². The van der Waals surface area contributed by atoms with Gasteiger partial charge in [0, 0.05) is 6.54 Å². The van der Waals surface area contributed by atoms with E-state index < -0.39 is 0 Å². The molecule has 3 heterocycles. The Morgan fingerprint density at radius 3 is 3.04 bits per heavy atom. The highest BCUT2D eigenvalue weighted by Crippen LogP contribution is 2.24. The first kappa shape index (κ1) is 15.5. The molecule has 2 aromatic rings. The number of ether oxygens (including phenoxy) is 1. The Morgan fingerprint density at radius 2 is 2.30 bits per heavy atom. The predicted octanol–water partition coefficient (Wildman–Crippen LogP) is 1.74. The Bertz CT molecular complexity index is 713. The van der Waals surface area contributed by atoms with Crippen molar-refractivity contribution < 1.29 is 14.1 Å². The summed E-state index contributed by atoms with van der Waals surface area (Å²) in [4.78, 5) is 18.9. The van der Waals surface area contributed by atoms with Crippen LogP contribution in [0.25, 0.3) is 0 Å². The molecule has 1 aliphatic rings. The third kappa shape index (κ3) is 3.05. The predicted molar refractivity (Wildman–Crippen MR) is 83.9 cm³/mol. The van der Waals surface area contributed by atoms with Crippen molar-refractivity contribution in [1.82, 2.24) is 15.0 Å². The van der Waals surface area contributed by atoms with Gasteiger partial charge in [-0.3, -0.25) is 4.79 Å². The normalized spacial score (nSPS) is 18.2. The molecule has 0 bridgehead atoms. The monoisotopic (exact) mass is 316 g/mol. The van der Waals surface area contributed by atoms with E-state index in [-0.39, 0.29) is 12.0 Å². The SMILES string of the molecule is CCc1noc(C)c1C(=O)N1CCOC(c2cccc(N)n2)C1. The van der Waals surface area contributed by atoms with Gasteiger partial charge in [0.25, 0.3) is 5.91 Å². The number of anilines is 1. The number of carbonyl (C=O) groups excluding carboxylic acids is 1. The van der Waals surface area contributed by atoms with Crippen LogP contribution in [-0.4, -0.2) is 40.6 Å². The molecule has 2 N–H and O–H groups in total. The van der Waals surface area contributed by atoms with Gasteiger partial charge in [0.15, 0.2) is 0 Å². The van der Waals surface area contributed by atoms with Gasteiger partial charge in [-0.1, -0.05) is 18.1 Å². The fourth-order valence-corrected chi connectivity index (χ4v) is 2.75. The molecule has 1 fully saturated rings. The lowest BCUT2D eigenvalue weighted by atomic mass is 10.1. The Balaban J connectivity index is 1.81. The average Bonchev–Trinajstić information content (AvgIpc) is 2.95. The minimum absolute atomic E-state index is 0.0715. The number of hydrogen-bond donors (Lipinski definition) is 1. The highest BCUT2D eigenvalue weighted by molar-refractivity contribution is 5.96. The highest BCUT2D eigenvalue weighted by Gasteiger charge is 2.30. The van der Waals surface area contributed by atoms with Crippen LogP contribution in [-0.2, 0) is 11.2 Å². The summed E-state index contributed by atoms with van der Waals surface area (Å²) in [6, 6.07) is 5.42. The van der Waals surface area contributed by atoms with E-state index in [9.17, 15) is 4.79 Å². The molecule has 0 aromatic carbocycles. The number of hydrogen-bond acceptors (Lipinski definition) is 6. The van der Waals surface area contributed by atoms with Gasteiger partial charge in [-0.2, -0.15) is 0 Å². The van der Waals surface area contributed by atoms with Gasteiger partial charge < -0.3 is 19.9 Å². The number of rotatable bonds is 3. The van der Waals surface area contributed by atoms with Gasteiger partial charge in [0.1, 0.15) is 23.2 Å². The zero-order valence-corrected chi connectivity index (χ0v) is 13.3. The van der Waals surface area contributed by atoms with Crippen molar-refractivity contribution in [3.63, 3.8) is 0 Å². The van der Waals surface area contributed by atoms with Crippen molar-refractivity contribution >= 4 is 11.7 Å². The molecule has 0 spiro atoms. The second-order valence-electron chi connectivity index (χ2n) is 5.51. The number of morpholine rings is 1. The number of pyridine rings is 1. The quantitative estimate of drug-likeness (QED) is 0.927. The molecule has 0 saturated carbocycles. The molecule has 7 nitrogen and oxygen atoms in total. The largest absolute Gasteiger partial charge is 0.384 e. The van der Waals surface area contributed by atoms with E-state index in [1.807, 2.05) is 19.1 Å². The summed E-state index contributed by atoms with van der Waals surface area (Å²) in [6.07, 6.45) is 0.379. The lowest BCUT2D eigenvalue weighted by molar-refractivity contribution is -0.0247. The van der Waals surface area contributed by atoms with Gasteiger partial charge >= 0.3 is 0 Å². The first-order valence-electron chi connectivity index (χ1n) is 7.68. The van der Waals surface area contributed by atoms with E-state index in [0.29, 0.717) is 49.0 Å². The summed E-state index contributed by atoms with van der Waals surface area (Å²) in [7, 11) is 0. The molecule has 122 valence electrons. The Morgan fingerprint density at radius 1 is 1.48 bits per heavy atom. The molecule has 1 amide bonds. The fourth-order valence-electron chi connectivity index (χ4n) is 2.75. The van der Waals surface area contributed by atoms with Crippen molar-refractivity contribution in [1.29, 1.82) is 0 Å². The summed E-state index contributed by atoms with van der Waals surface area (Å²) >= 11 is 0. The van der Waals surface area contributed by atoms with Crippen LogP contribution in [0, 0.1) is 6.92 Å². The number of aromatic nitrogens is 2. The maximum absolute atomic E-state index is 12.8. The Kier molecular flexibility index (Phi) is 4.29. The molecule has 0 radical (unpaired) electrons. The molecule has 1 aliphatic heterocycles. The molecule has 0 aliphatic carbocycles. The lowest BCUT2D eigenvalue weighted by Gasteiger charge is -2.32. The van der Waals surface area contributed by atoms with Crippen LogP contribution in [0.1, 0.15) is 40.5 Å². The standard InChI is InChI=1S/C16H20N4O3/c1-3-11-15(10(2)23-19-11)16(21)20-7-8-22-13(9-20)12-5-4-6-14(17)18-12/h4-6,13H,3,7-9H2,1-2H3,(H2,17,18). The number of nitrogens with two attached hydrogens (primary N) is 1. The molecule has 2 aromatic heterocycles. The lowest BCUT2D eigenvalue weighted by Crippen LogP contribution is -2.42. The van der Waals surface area contributed by atoms with Gasteiger partial charge in [-0.15, -0.1) is 0 Å². The van der Waals surface area contributed by atoms with E-state index in [4.69, 9.17) is 15.0 Å². The Hall–Kier alpha value is -2.41. The fraction of sp³-hybridized carbons (Fsp3) is 0.438. The highest BCUT2D eigenvalue weighted by atomic mass is 16.5. The molecule has 7 heteroatoms. The molecule has 1 atom stereocenters. The molecule has 3 rings (SSSR count). The minimum atomic E-state index is -0.276. The van der Waals surface area contributed by atoms with Crippen molar-refractivity contribution in [2.24, 2.45) is 0 Å². The topological polar surface area (TPSA) is 94.5 Å². The van der Waals surface area contributed by atoms with Crippen molar-refractivity contribution in [2.75, 3.05) is 25.4 Å². The molecular weight excluding hydrogens is 296 g/mol. The maximum atomic E-state index is 12.8. The summed E-state index contributed by atoms with van der Waals surface area (Å²) in [6.45, 7) is 5.14. The van der Waals surface area contributed by atoms with E-state index >= 15 is 0 Å². The number of aryl methyl sites for hydroxylation is 2. The van der Waals surface area contributed by atoms with Crippen LogP contribution >= 0.6 is 0 Å². The van der Waals surface area contributed by atoms with Crippen LogP contribution in [0.2, 0.25) is 0 Å². The van der Waals surface area contributed by atoms with Crippen LogP contribution in [0.4, 0.5) is 5.82 Å². The second kappa shape index (κ2) is 6.37. The maximum Gasteiger partial charge on any atom is 0.259 e. The zero-order chi connectivity index (χ0) is 16.4. The van der Waals surface area contributed by atoms with Gasteiger partial charge in [-0.25, -0.2) is 4.98 Å². The van der Waals surface area contributed by atoms with E-state index in [2.05, 4.69) is 10.1 Å². The third-order valence-corrected chi connectivity index (χ3v) is 3.96. The van der Waals surface area contributed by atoms with Gasteiger partial charge in [0.2, 0.25) is 0 Å². The first-order chi connectivity index (χ1) is 11.1. The summed E-state index contributed by atoms with van der Waals surface area (Å²) in [5.74, 6) is 0.924. The summed E-state index contributed by atoms with van der Waals surface area (Å²) < 4.78 is 10.9. The third-order valence-electron chi connectivity index (χ3n) is 3.96. The van der Waals surface area contributed by atoms with Crippen LogP contribution < -0.4 is 5.73 Å². The molecular formula is C16H20N4O3. The van der Waals surface area contributed by atoms with Gasteiger partial charge in [0.05, 0.1) is 24.5 Å². The number of nitrogen functional groups attached to an aromatic ring is 1. The minimum Gasteiger partial charge on any atom is -0.384 e. The van der Waals surface area contributed by atoms with Crippen molar-refractivity contribution in [2.45, 2.75) is 26.4 Å². The molecule has 1 unspecified atom stereocenters. The number of amides is 1. The van der Waals surface area contributed by atoms with Crippen LogP contribution in [0.15, 0.2) is 22.7 Å². The second-order valence-corrected chi connectivity index (χ2v) is 5.51. The van der Waals surface area contributed by atoms with Crippen molar-refractivity contribution in [3.8, 4) is 0 Å². The molecule has 23 heavy (non-hydrogen) atoms. The van der Waals surface area contributed by atoms with E-state index in [1.54, 1.807) is 17.9 Å². The first-order valence-corrected chi connectivity index (χ1v) is 7.68.